The summed E-state index contributed by atoms with van der Waals surface area (Å²) >= 11 is 6.14. The maximum Gasteiger partial charge on any atom is 0.282 e. The first-order chi connectivity index (χ1) is 15.3. The predicted molar refractivity (Wildman–Crippen MR) is 126 cm³/mol. The van der Waals surface area contributed by atoms with Gasteiger partial charge in [0.2, 0.25) is 0 Å². The largest absolute Gasteiger partial charge is 0.350 e. The van der Waals surface area contributed by atoms with E-state index in [1.54, 1.807) is 24.3 Å². The number of rotatable bonds is 5. The van der Waals surface area contributed by atoms with Crippen molar-refractivity contribution in [3.05, 3.63) is 100.0 Å². The lowest BCUT2D eigenvalue weighted by atomic mass is 10.0. The van der Waals surface area contributed by atoms with E-state index < -0.39 is 17.6 Å². The molecular weight excluding hydrogens is 427 g/mol. The van der Waals surface area contributed by atoms with Crippen LogP contribution < -0.4 is 10.2 Å². The fourth-order valence-electron chi connectivity index (χ4n) is 3.64. The van der Waals surface area contributed by atoms with Crippen molar-refractivity contribution in [2.24, 2.45) is 0 Å². The van der Waals surface area contributed by atoms with Crippen molar-refractivity contribution in [1.29, 1.82) is 0 Å². The molecule has 4 rings (SSSR count). The van der Waals surface area contributed by atoms with Gasteiger partial charge >= 0.3 is 0 Å². The number of hydrogen-bond donors (Lipinski definition) is 1. The second-order valence-electron chi connectivity index (χ2n) is 8.03. The van der Waals surface area contributed by atoms with E-state index in [2.05, 4.69) is 19.2 Å². The summed E-state index contributed by atoms with van der Waals surface area (Å²) < 4.78 is 13.5. The molecule has 0 saturated heterocycles. The van der Waals surface area contributed by atoms with E-state index in [9.17, 15) is 14.0 Å². The van der Waals surface area contributed by atoms with Crippen molar-refractivity contribution in [2.75, 3.05) is 10.2 Å². The number of nitrogens with one attached hydrogen (secondary N) is 1. The first-order valence-electron chi connectivity index (χ1n) is 10.3. The summed E-state index contributed by atoms with van der Waals surface area (Å²) in [7, 11) is 0. The van der Waals surface area contributed by atoms with Crippen LogP contribution in [0.3, 0.4) is 0 Å². The molecule has 4 nitrogen and oxygen atoms in total. The molecule has 2 amide bonds. The van der Waals surface area contributed by atoms with Crippen molar-refractivity contribution in [3.63, 3.8) is 0 Å². The molecule has 32 heavy (non-hydrogen) atoms. The third-order valence-corrected chi connectivity index (χ3v) is 5.73. The van der Waals surface area contributed by atoms with Crippen molar-refractivity contribution in [1.82, 2.24) is 0 Å². The van der Waals surface area contributed by atoms with Gasteiger partial charge in [0.05, 0.1) is 11.3 Å². The minimum Gasteiger partial charge on any atom is -0.350 e. The first-order valence-corrected chi connectivity index (χ1v) is 10.7. The summed E-state index contributed by atoms with van der Waals surface area (Å²) in [6.07, 6.45) is 0. The minimum atomic E-state index is -0.481. The van der Waals surface area contributed by atoms with Gasteiger partial charge in [-0.15, -0.1) is 0 Å². The predicted octanol–water partition coefficient (Wildman–Crippen LogP) is 6.31. The Morgan fingerprint density at radius 1 is 0.906 bits per heavy atom. The molecule has 3 aromatic carbocycles. The van der Waals surface area contributed by atoms with Crippen LogP contribution in [-0.2, 0) is 9.59 Å². The fraction of sp³-hybridized carbons (Fsp3) is 0.154. The molecule has 1 heterocycles. The molecule has 162 valence electrons. The van der Waals surface area contributed by atoms with Crippen LogP contribution in [0.1, 0.15) is 36.5 Å². The number of carbonyl (C=O) groups excluding carboxylic acids is 2. The quantitative estimate of drug-likeness (QED) is 0.465. The zero-order valence-electron chi connectivity index (χ0n) is 17.9. The smallest absolute Gasteiger partial charge is 0.282 e. The summed E-state index contributed by atoms with van der Waals surface area (Å²) in [5, 5.41) is 3.61. The molecule has 0 fully saturated rings. The van der Waals surface area contributed by atoms with Crippen molar-refractivity contribution in [3.8, 4) is 0 Å². The van der Waals surface area contributed by atoms with Crippen molar-refractivity contribution >= 4 is 40.4 Å². The van der Waals surface area contributed by atoms with Crippen LogP contribution in [-0.4, -0.2) is 11.8 Å². The molecular formula is C26H22ClFN2O2. The average Bonchev–Trinajstić information content (AvgIpc) is 3.01. The highest BCUT2D eigenvalue weighted by molar-refractivity contribution is 6.46. The highest BCUT2D eigenvalue weighted by atomic mass is 35.5. The number of aryl methyl sites for hydroxylation is 1. The number of benzene rings is 3. The molecule has 1 aliphatic heterocycles. The van der Waals surface area contributed by atoms with E-state index in [0.29, 0.717) is 27.9 Å². The van der Waals surface area contributed by atoms with Gasteiger partial charge in [0.1, 0.15) is 11.5 Å². The molecule has 0 bridgehead atoms. The molecule has 6 heteroatoms. The summed E-state index contributed by atoms with van der Waals surface area (Å²) in [5.41, 5.74) is 3.82. The molecule has 1 N–H and O–H groups in total. The third kappa shape index (κ3) is 4.04. The van der Waals surface area contributed by atoms with Gasteiger partial charge in [0, 0.05) is 10.7 Å². The van der Waals surface area contributed by atoms with Crippen LogP contribution in [0.25, 0.3) is 5.57 Å². The lowest BCUT2D eigenvalue weighted by Crippen LogP contribution is -2.32. The van der Waals surface area contributed by atoms with E-state index in [0.717, 1.165) is 16.0 Å². The zero-order valence-corrected chi connectivity index (χ0v) is 18.7. The number of nitrogens with zero attached hydrogens (tertiary/aromatic N) is 1. The van der Waals surface area contributed by atoms with Crippen LogP contribution in [0.15, 0.2) is 72.4 Å². The third-order valence-electron chi connectivity index (χ3n) is 5.49. The van der Waals surface area contributed by atoms with Gasteiger partial charge in [-0.25, -0.2) is 9.29 Å². The van der Waals surface area contributed by atoms with Crippen LogP contribution in [0, 0.1) is 12.7 Å². The monoisotopic (exact) mass is 448 g/mol. The van der Waals surface area contributed by atoms with Crippen molar-refractivity contribution < 1.29 is 14.0 Å². The highest BCUT2D eigenvalue weighted by Gasteiger charge is 2.40. The molecule has 0 atom stereocenters. The van der Waals surface area contributed by atoms with Crippen LogP contribution >= 0.6 is 11.6 Å². The maximum atomic E-state index is 13.5. The Labute approximate surface area is 191 Å². The fourth-order valence-corrected chi connectivity index (χ4v) is 3.81. The van der Waals surface area contributed by atoms with Gasteiger partial charge < -0.3 is 5.32 Å². The Bertz CT molecular complexity index is 1230. The second-order valence-corrected chi connectivity index (χ2v) is 8.47. The molecule has 3 aromatic rings. The number of hydrogen-bond acceptors (Lipinski definition) is 3. The standard InChI is InChI=1S/C26H22ClFN2O2/c1-15(2)17-7-12-21(13-8-17)30-25(31)23(18-5-10-20(28)11-6-18)24(26(30)32)29-22-14-19(27)9-4-16(22)3/h4-15,29H,1-3H3. The lowest BCUT2D eigenvalue weighted by Gasteiger charge is -2.17. The summed E-state index contributed by atoms with van der Waals surface area (Å²) in [5.74, 6) is -1.05. The first kappa shape index (κ1) is 21.8. The van der Waals surface area contributed by atoms with E-state index in [-0.39, 0.29) is 11.3 Å². The number of anilines is 2. The van der Waals surface area contributed by atoms with Gasteiger partial charge in [-0.2, -0.15) is 0 Å². The molecule has 0 radical (unpaired) electrons. The SMILES string of the molecule is Cc1ccc(Cl)cc1NC1=C(c2ccc(F)cc2)C(=O)N(c2ccc(C(C)C)cc2)C1=O. The second kappa shape index (κ2) is 8.60. The van der Waals surface area contributed by atoms with E-state index in [4.69, 9.17) is 11.6 Å². The molecule has 0 aliphatic carbocycles. The number of carbonyl (C=O) groups is 2. The number of halogens is 2. The molecule has 1 aliphatic rings. The topological polar surface area (TPSA) is 49.4 Å². The lowest BCUT2D eigenvalue weighted by molar-refractivity contribution is -0.120. The number of amides is 2. The van der Waals surface area contributed by atoms with Crippen LogP contribution in [0.5, 0.6) is 0 Å². The molecule has 0 aromatic heterocycles. The number of imide groups is 1. The Morgan fingerprint density at radius 3 is 2.19 bits per heavy atom. The maximum absolute atomic E-state index is 13.5. The van der Waals surface area contributed by atoms with Crippen molar-refractivity contribution in [2.45, 2.75) is 26.7 Å². The van der Waals surface area contributed by atoms with Gasteiger partial charge in [0.15, 0.2) is 0 Å². The van der Waals surface area contributed by atoms with E-state index >= 15 is 0 Å². The molecule has 0 saturated carbocycles. The van der Waals surface area contributed by atoms with E-state index in [1.165, 1.54) is 24.3 Å². The van der Waals surface area contributed by atoms with Gasteiger partial charge in [-0.3, -0.25) is 9.59 Å². The minimum absolute atomic E-state index is 0.125. The van der Waals surface area contributed by atoms with Crippen LogP contribution in [0.4, 0.5) is 15.8 Å². The molecule has 0 spiro atoms. The van der Waals surface area contributed by atoms with Gasteiger partial charge in [-0.1, -0.05) is 55.8 Å². The molecule has 0 unspecified atom stereocenters. The van der Waals surface area contributed by atoms with Gasteiger partial charge in [0.25, 0.3) is 11.8 Å². The Hall–Kier alpha value is -3.44. The Balaban J connectivity index is 1.81. The normalized spacial score (nSPS) is 14.0. The Kier molecular flexibility index (Phi) is 5.85. The van der Waals surface area contributed by atoms with E-state index in [1.807, 2.05) is 25.1 Å². The average molecular weight is 449 g/mol. The van der Waals surface area contributed by atoms with Gasteiger partial charge in [-0.05, 0) is 65.9 Å². The van der Waals surface area contributed by atoms with Crippen LogP contribution in [0.2, 0.25) is 5.02 Å². The summed E-state index contributed by atoms with van der Waals surface area (Å²) in [6.45, 7) is 6.02. The highest BCUT2D eigenvalue weighted by Crippen LogP contribution is 2.35. The summed E-state index contributed by atoms with van der Waals surface area (Å²) in [6, 6.07) is 18.1. The Morgan fingerprint density at radius 2 is 1.56 bits per heavy atom. The zero-order chi connectivity index (χ0) is 23.0. The summed E-state index contributed by atoms with van der Waals surface area (Å²) in [4.78, 5) is 28.1.